The summed E-state index contributed by atoms with van der Waals surface area (Å²) in [5.41, 5.74) is -0.203. The Morgan fingerprint density at radius 3 is 2.20 bits per heavy atom. The minimum absolute atomic E-state index is 0.0445. The number of nitrogens with one attached hydrogen (secondary N) is 2. The van der Waals surface area contributed by atoms with Gasteiger partial charge in [0, 0.05) is 22.5 Å². The van der Waals surface area contributed by atoms with Gasteiger partial charge >= 0.3 is 11.9 Å². The lowest BCUT2D eigenvalue weighted by Gasteiger charge is -2.38. The highest BCUT2D eigenvalue weighted by atomic mass is 79.9. The van der Waals surface area contributed by atoms with Crippen LogP contribution in [0, 0.1) is 16.7 Å². The van der Waals surface area contributed by atoms with Crippen molar-refractivity contribution in [3.05, 3.63) is 64.1 Å². The molecule has 0 saturated heterocycles. The van der Waals surface area contributed by atoms with Crippen molar-refractivity contribution in [1.82, 2.24) is 5.32 Å². The van der Waals surface area contributed by atoms with Gasteiger partial charge in [0.1, 0.15) is 6.04 Å². The number of benzene rings is 2. The molecule has 0 aliphatic heterocycles. The van der Waals surface area contributed by atoms with E-state index in [1.165, 1.54) is 0 Å². The van der Waals surface area contributed by atoms with E-state index in [1.54, 1.807) is 63.2 Å². The molecule has 0 radical (unpaired) electrons. The molecule has 1 aliphatic carbocycles. The maximum absolute atomic E-state index is 13.0. The molecule has 2 aromatic carbocycles. The topological polar surface area (TPSA) is 133 Å². The van der Waals surface area contributed by atoms with Crippen molar-refractivity contribution in [1.29, 1.82) is 0 Å². The largest absolute Gasteiger partial charge is 0.481 e. The molecule has 1 aliphatic rings. The van der Waals surface area contributed by atoms with Crippen LogP contribution >= 0.6 is 15.9 Å². The summed E-state index contributed by atoms with van der Waals surface area (Å²) in [7, 11) is 0. The maximum atomic E-state index is 13.0. The Morgan fingerprint density at radius 1 is 1.03 bits per heavy atom. The van der Waals surface area contributed by atoms with Crippen molar-refractivity contribution < 1.29 is 29.4 Å². The highest BCUT2D eigenvalue weighted by molar-refractivity contribution is 9.10. The normalized spacial score (nSPS) is 21.7. The minimum Gasteiger partial charge on any atom is -0.481 e. The third kappa shape index (κ3) is 5.40. The number of carboxylic acid groups (broad SMARTS) is 2. The third-order valence-corrected chi connectivity index (χ3v) is 8.09. The van der Waals surface area contributed by atoms with Crippen LogP contribution in [0.25, 0.3) is 0 Å². The number of carboxylic acids is 2. The zero-order valence-electron chi connectivity index (χ0n) is 19.8. The minimum atomic E-state index is -1.18. The average molecular weight is 545 g/mol. The summed E-state index contributed by atoms with van der Waals surface area (Å²) < 4.78 is 0.670. The van der Waals surface area contributed by atoms with Gasteiger partial charge in [0.25, 0.3) is 5.91 Å². The monoisotopic (exact) mass is 544 g/mol. The number of halogens is 1. The summed E-state index contributed by atoms with van der Waals surface area (Å²) in [4.78, 5) is 49.2. The van der Waals surface area contributed by atoms with E-state index in [0.29, 0.717) is 34.1 Å². The van der Waals surface area contributed by atoms with Crippen molar-refractivity contribution in [2.24, 2.45) is 16.7 Å². The van der Waals surface area contributed by atoms with Gasteiger partial charge in [-0.05, 0) is 70.9 Å². The molecule has 0 heterocycles. The van der Waals surface area contributed by atoms with Gasteiger partial charge in [-0.1, -0.05) is 38.1 Å². The molecular formula is C26H29BrN2O6. The molecule has 2 unspecified atom stereocenters. The van der Waals surface area contributed by atoms with Crippen molar-refractivity contribution in [2.75, 3.05) is 5.32 Å². The fourth-order valence-electron chi connectivity index (χ4n) is 4.62. The lowest BCUT2D eigenvalue weighted by Crippen LogP contribution is -2.49. The van der Waals surface area contributed by atoms with Gasteiger partial charge in [0.2, 0.25) is 5.91 Å². The lowest BCUT2D eigenvalue weighted by molar-refractivity contribution is -0.155. The molecule has 9 heteroatoms. The van der Waals surface area contributed by atoms with Crippen LogP contribution in [0.5, 0.6) is 0 Å². The lowest BCUT2D eigenvalue weighted by atomic mass is 9.65. The Morgan fingerprint density at radius 2 is 1.66 bits per heavy atom. The van der Waals surface area contributed by atoms with E-state index in [4.69, 9.17) is 0 Å². The fraction of sp³-hybridized carbons (Fsp3) is 0.385. The predicted octanol–water partition coefficient (Wildman–Crippen LogP) is 4.34. The van der Waals surface area contributed by atoms with Crippen LogP contribution in [0.15, 0.2) is 53.0 Å². The summed E-state index contributed by atoms with van der Waals surface area (Å²) in [6.07, 6.45) is 0.765. The smallest absolute Gasteiger partial charge is 0.326 e. The van der Waals surface area contributed by atoms with Gasteiger partial charge in [0.05, 0.1) is 11.0 Å². The number of anilines is 1. The van der Waals surface area contributed by atoms with E-state index in [2.05, 4.69) is 26.6 Å². The van der Waals surface area contributed by atoms with E-state index in [9.17, 15) is 29.4 Å². The third-order valence-electron chi connectivity index (χ3n) is 7.40. The Kier molecular flexibility index (Phi) is 7.69. The molecule has 3 atom stereocenters. The highest BCUT2D eigenvalue weighted by Crippen LogP contribution is 2.56. The molecule has 0 spiro atoms. The van der Waals surface area contributed by atoms with Gasteiger partial charge in [-0.25, -0.2) is 4.79 Å². The molecule has 1 saturated carbocycles. The molecule has 2 amide bonds. The SMILES string of the molecule is CC1(C(=O)O)CCC(C(=O)N[C@@H](Cc2ccc(NC(=O)c3ccccc3Br)cc2)C(=O)O)C1(C)C. The van der Waals surface area contributed by atoms with Crippen LogP contribution in [-0.2, 0) is 20.8 Å². The second-order valence-corrected chi connectivity index (χ2v) is 10.5. The summed E-state index contributed by atoms with van der Waals surface area (Å²) in [5.74, 6) is -3.49. The van der Waals surface area contributed by atoms with Crippen LogP contribution in [0.4, 0.5) is 5.69 Å². The van der Waals surface area contributed by atoms with Gasteiger partial charge in [-0.15, -0.1) is 0 Å². The first-order chi connectivity index (χ1) is 16.4. The van der Waals surface area contributed by atoms with Crippen molar-refractivity contribution in [3.8, 4) is 0 Å². The molecule has 1 fully saturated rings. The molecule has 8 nitrogen and oxygen atoms in total. The molecule has 35 heavy (non-hydrogen) atoms. The first kappa shape index (κ1) is 26.4. The number of hydrogen-bond acceptors (Lipinski definition) is 4. The van der Waals surface area contributed by atoms with E-state index < -0.39 is 40.6 Å². The second-order valence-electron chi connectivity index (χ2n) is 9.68. The number of hydrogen-bond donors (Lipinski definition) is 4. The molecule has 0 aromatic heterocycles. The van der Waals surface area contributed by atoms with Crippen molar-refractivity contribution >= 4 is 45.4 Å². The average Bonchev–Trinajstić information content (AvgIpc) is 3.04. The van der Waals surface area contributed by atoms with E-state index in [0.717, 1.165) is 0 Å². The number of aliphatic carboxylic acids is 2. The van der Waals surface area contributed by atoms with Crippen LogP contribution in [0.2, 0.25) is 0 Å². The van der Waals surface area contributed by atoms with Gasteiger partial charge in [0.15, 0.2) is 0 Å². The van der Waals surface area contributed by atoms with Crippen LogP contribution < -0.4 is 10.6 Å². The highest BCUT2D eigenvalue weighted by Gasteiger charge is 2.58. The number of rotatable bonds is 8. The standard InChI is InChI=1S/C26H29BrN2O6/c1-25(2)18(12-13-26(25,3)24(34)35)22(31)29-20(23(32)33)14-15-8-10-16(11-9-15)28-21(30)17-6-4-5-7-19(17)27/h4-11,18,20H,12-14H2,1-3H3,(H,28,30)(H,29,31)(H,32,33)(H,34,35)/t18?,20-,26?/m0/s1. The van der Waals surface area contributed by atoms with Crippen molar-refractivity contribution in [3.63, 3.8) is 0 Å². The summed E-state index contributed by atoms with van der Waals surface area (Å²) in [5, 5.41) is 24.8. The first-order valence-electron chi connectivity index (χ1n) is 11.3. The summed E-state index contributed by atoms with van der Waals surface area (Å²) >= 11 is 3.35. The molecule has 4 N–H and O–H groups in total. The molecule has 2 aromatic rings. The summed E-state index contributed by atoms with van der Waals surface area (Å²) in [6.45, 7) is 5.12. The van der Waals surface area contributed by atoms with Gasteiger partial charge < -0.3 is 20.8 Å². The van der Waals surface area contributed by atoms with E-state index in [1.807, 2.05) is 6.07 Å². The fourth-order valence-corrected chi connectivity index (χ4v) is 5.08. The Hall–Kier alpha value is -3.20. The molecule has 186 valence electrons. The first-order valence-corrected chi connectivity index (χ1v) is 12.1. The maximum Gasteiger partial charge on any atom is 0.326 e. The van der Waals surface area contributed by atoms with E-state index >= 15 is 0 Å². The van der Waals surface area contributed by atoms with Crippen LogP contribution in [0.1, 0.15) is 49.5 Å². The van der Waals surface area contributed by atoms with Crippen LogP contribution in [0.3, 0.4) is 0 Å². The Bertz CT molecular complexity index is 1150. The number of amides is 2. The summed E-state index contributed by atoms with van der Waals surface area (Å²) in [6, 6.07) is 12.6. The van der Waals surface area contributed by atoms with Crippen LogP contribution in [-0.4, -0.2) is 40.0 Å². The second kappa shape index (κ2) is 10.2. The molecule has 3 rings (SSSR count). The zero-order valence-corrected chi connectivity index (χ0v) is 21.4. The molecular weight excluding hydrogens is 516 g/mol. The number of carbonyl (C=O) groups excluding carboxylic acids is 2. The Balaban J connectivity index is 1.66. The number of carbonyl (C=O) groups is 4. The quantitative estimate of drug-likeness (QED) is 0.390. The van der Waals surface area contributed by atoms with Gasteiger partial charge in [-0.2, -0.15) is 0 Å². The molecule has 0 bridgehead atoms. The Labute approximate surface area is 212 Å². The predicted molar refractivity (Wildman–Crippen MR) is 134 cm³/mol. The van der Waals surface area contributed by atoms with Gasteiger partial charge in [-0.3, -0.25) is 14.4 Å². The zero-order chi connectivity index (χ0) is 26.0. The van der Waals surface area contributed by atoms with Crippen molar-refractivity contribution in [2.45, 2.75) is 46.1 Å². The van der Waals surface area contributed by atoms with E-state index in [-0.39, 0.29) is 12.3 Å².